The van der Waals surface area contributed by atoms with E-state index in [0.717, 1.165) is 15.6 Å². The highest BCUT2D eigenvalue weighted by Gasteiger charge is 2.40. The maximum absolute atomic E-state index is 12.0. The van der Waals surface area contributed by atoms with Crippen LogP contribution in [0.4, 0.5) is 0 Å². The first kappa shape index (κ1) is 14.8. The maximum atomic E-state index is 12.0. The summed E-state index contributed by atoms with van der Waals surface area (Å²) in [6.45, 7) is 4.10. The zero-order valence-corrected chi connectivity index (χ0v) is 12.8. The zero-order chi connectivity index (χ0) is 14.0. The number of rotatable bonds is 5. The molecule has 2 heterocycles. The topological polar surface area (TPSA) is 43.8 Å². The van der Waals surface area contributed by atoms with E-state index in [1.54, 1.807) is 11.9 Å². The third kappa shape index (κ3) is 3.69. The van der Waals surface area contributed by atoms with Crippen LogP contribution in [0.2, 0.25) is 4.34 Å². The van der Waals surface area contributed by atoms with E-state index in [1.165, 1.54) is 11.3 Å². The SMILES string of the molecule is CCC1(O)CN(CC(=O)N(C)Cc2ccc(Cl)s2)C1. The predicted molar refractivity (Wildman–Crippen MR) is 77.5 cm³/mol. The Morgan fingerprint density at radius 3 is 2.79 bits per heavy atom. The summed E-state index contributed by atoms with van der Waals surface area (Å²) in [4.78, 5) is 16.8. The molecule has 19 heavy (non-hydrogen) atoms. The van der Waals surface area contributed by atoms with E-state index >= 15 is 0 Å². The minimum atomic E-state index is -0.583. The Kier molecular flexibility index (Phi) is 4.50. The van der Waals surface area contributed by atoms with Crippen LogP contribution in [0.5, 0.6) is 0 Å². The van der Waals surface area contributed by atoms with Crippen molar-refractivity contribution in [1.82, 2.24) is 9.80 Å². The molecule has 0 aliphatic carbocycles. The first-order valence-electron chi connectivity index (χ1n) is 6.35. The number of carbonyl (C=O) groups is 1. The van der Waals surface area contributed by atoms with E-state index in [2.05, 4.69) is 0 Å². The van der Waals surface area contributed by atoms with Gasteiger partial charge in [-0.3, -0.25) is 9.69 Å². The Morgan fingerprint density at radius 2 is 2.26 bits per heavy atom. The van der Waals surface area contributed by atoms with Crippen LogP contribution < -0.4 is 0 Å². The predicted octanol–water partition coefficient (Wildman–Crippen LogP) is 1.82. The van der Waals surface area contributed by atoms with Gasteiger partial charge in [-0.2, -0.15) is 0 Å². The molecule has 0 atom stereocenters. The van der Waals surface area contributed by atoms with Crippen molar-refractivity contribution >= 4 is 28.8 Å². The summed E-state index contributed by atoms with van der Waals surface area (Å²) in [5.41, 5.74) is -0.583. The Balaban J connectivity index is 1.77. The first-order valence-corrected chi connectivity index (χ1v) is 7.54. The molecular formula is C13H19ClN2O2S. The summed E-state index contributed by atoms with van der Waals surface area (Å²) in [5, 5.41) is 9.90. The minimum Gasteiger partial charge on any atom is -0.387 e. The van der Waals surface area contributed by atoms with Crippen molar-refractivity contribution in [2.45, 2.75) is 25.5 Å². The van der Waals surface area contributed by atoms with Crippen molar-refractivity contribution in [1.29, 1.82) is 0 Å². The molecule has 1 aliphatic rings. The van der Waals surface area contributed by atoms with E-state index in [9.17, 15) is 9.90 Å². The molecule has 0 spiro atoms. The van der Waals surface area contributed by atoms with Crippen molar-refractivity contribution in [2.75, 3.05) is 26.7 Å². The lowest BCUT2D eigenvalue weighted by molar-refractivity contribution is -0.141. The number of halogens is 1. The van der Waals surface area contributed by atoms with Crippen LogP contribution in [0, 0.1) is 0 Å². The molecule has 1 N–H and O–H groups in total. The lowest BCUT2D eigenvalue weighted by Crippen LogP contribution is -2.62. The quantitative estimate of drug-likeness (QED) is 0.902. The lowest BCUT2D eigenvalue weighted by Gasteiger charge is -2.46. The summed E-state index contributed by atoms with van der Waals surface area (Å²) in [6.07, 6.45) is 0.737. The van der Waals surface area contributed by atoms with Gasteiger partial charge in [0.15, 0.2) is 0 Å². The van der Waals surface area contributed by atoms with Crippen LogP contribution >= 0.6 is 22.9 Å². The molecule has 0 unspecified atom stereocenters. The molecule has 1 amide bonds. The van der Waals surface area contributed by atoms with Crippen molar-refractivity contribution in [3.63, 3.8) is 0 Å². The molecule has 0 bridgehead atoms. The first-order chi connectivity index (χ1) is 8.92. The van der Waals surface area contributed by atoms with Gasteiger partial charge in [-0.15, -0.1) is 11.3 Å². The monoisotopic (exact) mass is 302 g/mol. The van der Waals surface area contributed by atoms with E-state index in [4.69, 9.17) is 11.6 Å². The van der Waals surface area contributed by atoms with Crippen LogP contribution in [0.3, 0.4) is 0 Å². The Morgan fingerprint density at radius 1 is 1.58 bits per heavy atom. The molecule has 0 saturated carbocycles. The van der Waals surface area contributed by atoms with Gasteiger partial charge in [0.05, 0.1) is 23.0 Å². The van der Waals surface area contributed by atoms with Gasteiger partial charge in [-0.25, -0.2) is 0 Å². The van der Waals surface area contributed by atoms with Gasteiger partial charge in [-0.1, -0.05) is 18.5 Å². The van der Waals surface area contributed by atoms with Gasteiger partial charge in [-0.05, 0) is 18.6 Å². The molecule has 1 fully saturated rings. The van der Waals surface area contributed by atoms with Crippen LogP contribution in [0.25, 0.3) is 0 Å². The second-order valence-corrected chi connectivity index (χ2v) is 6.98. The number of likely N-dealkylation sites (tertiary alicyclic amines) is 1. The third-order valence-electron chi connectivity index (χ3n) is 3.50. The number of amides is 1. The van der Waals surface area contributed by atoms with Crippen LogP contribution in [-0.4, -0.2) is 53.1 Å². The van der Waals surface area contributed by atoms with Gasteiger partial charge >= 0.3 is 0 Å². The highest BCUT2D eigenvalue weighted by Crippen LogP contribution is 2.24. The van der Waals surface area contributed by atoms with Crippen LogP contribution in [-0.2, 0) is 11.3 Å². The average molecular weight is 303 g/mol. The van der Waals surface area contributed by atoms with E-state index < -0.39 is 5.60 Å². The second-order valence-electron chi connectivity index (χ2n) is 5.18. The van der Waals surface area contributed by atoms with Crippen LogP contribution in [0.1, 0.15) is 18.2 Å². The van der Waals surface area contributed by atoms with Crippen LogP contribution in [0.15, 0.2) is 12.1 Å². The molecule has 1 aromatic rings. The Bertz CT molecular complexity index is 457. The van der Waals surface area contributed by atoms with E-state index in [0.29, 0.717) is 26.2 Å². The summed E-state index contributed by atoms with van der Waals surface area (Å²) < 4.78 is 0.742. The fourth-order valence-corrected chi connectivity index (χ4v) is 3.33. The Hall–Kier alpha value is -0.620. The number of likely N-dealkylation sites (N-methyl/N-ethyl adjacent to an activating group) is 1. The van der Waals surface area contributed by atoms with E-state index in [1.807, 2.05) is 24.0 Å². The summed E-state index contributed by atoms with van der Waals surface area (Å²) >= 11 is 7.36. The van der Waals surface area contributed by atoms with Gasteiger partial charge in [0, 0.05) is 25.0 Å². The number of nitrogens with zero attached hydrogens (tertiary/aromatic N) is 2. The molecule has 106 valence electrons. The fourth-order valence-electron chi connectivity index (χ4n) is 2.19. The molecule has 0 aromatic carbocycles. The molecule has 6 heteroatoms. The molecule has 2 rings (SSSR count). The number of hydrogen-bond acceptors (Lipinski definition) is 4. The number of carbonyl (C=O) groups excluding carboxylic acids is 1. The van der Waals surface area contributed by atoms with Gasteiger partial charge in [0.1, 0.15) is 0 Å². The van der Waals surface area contributed by atoms with Crippen molar-refractivity contribution in [3.8, 4) is 0 Å². The third-order valence-corrected chi connectivity index (χ3v) is 4.72. The fraction of sp³-hybridized carbons (Fsp3) is 0.615. The maximum Gasteiger partial charge on any atom is 0.236 e. The second kappa shape index (κ2) is 5.79. The molecular weight excluding hydrogens is 284 g/mol. The molecule has 4 nitrogen and oxygen atoms in total. The van der Waals surface area contributed by atoms with E-state index in [-0.39, 0.29) is 5.91 Å². The molecule has 1 aliphatic heterocycles. The summed E-state index contributed by atoms with van der Waals surface area (Å²) in [5.74, 6) is 0.0719. The molecule has 0 radical (unpaired) electrons. The van der Waals surface area contributed by atoms with Gasteiger partial charge in [0.25, 0.3) is 0 Å². The molecule has 1 aromatic heterocycles. The molecule has 1 saturated heterocycles. The van der Waals surface area contributed by atoms with Gasteiger partial charge in [0.2, 0.25) is 5.91 Å². The smallest absolute Gasteiger partial charge is 0.236 e. The standard InChI is InChI=1S/C13H19ClN2O2S/c1-3-13(18)8-16(9-13)7-12(17)15(2)6-10-4-5-11(14)19-10/h4-5,18H,3,6-9H2,1-2H3. The van der Waals surface area contributed by atoms with Gasteiger partial charge < -0.3 is 10.0 Å². The summed E-state index contributed by atoms with van der Waals surface area (Å²) in [7, 11) is 1.79. The van der Waals surface area contributed by atoms with Crippen molar-refractivity contribution in [3.05, 3.63) is 21.3 Å². The highest BCUT2D eigenvalue weighted by molar-refractivity contribution is 7.16. The number of thiophene rings is 1. The lowest BCUT2D eigenvalue weighted by atomic mass is 9.91. The number of β-amino-alcohol motifs (C(OH)–C–C–N with tert-alkyl or cyclic N) is 1. The zero-order valence-electron chi connectivity index (χ0n) is 11.2. The largest absolute Gasteiger partial charge is 0.387 e. The van der Waals surface area contributed by atoms with Crippen molar-refractivity contribution < 1.29 is 9.90 Å². The highest BCUT2D eigenvalue weighted by atomic mass is 35.5. The number of hydrogen-bond donors (Lipinski definition) is 1. The Labute approximate surface area is 122 Å². The average Bonchev–Trinajstić information content (AvgIpc) is 2.72. The van der Waals surface area contributed by atoms with Crippen molar-refractivity contribution in [2.24, 2.45) is 0 Å². The number of aliphatic hydroxyl groups is 1. The summed E-state index contributed by atoms with van der Waals surface area (Å²) in [6, 6.07) is 3.78. The minimum absolute atomic E-state index is 0.0719. The normalized spacial score (nSPS) is 18.1.